The van der Waals surface area contributed by atoms with Crippen molar-refractivity contribution in [1.29, 1.82) is 0 Å². The fraction of sp³-hybridized carbons (Fsp3) is 0.462. The van der Waals surface area contributed by atoms with Crippen LogP contribution in [0.1, 0.15) is 22.5 Å². The highest BCUT2D eigenvalue weighted by Crippen LogP contribution is 2.11. The summed E-state index contributed by atoms with van der Waals surface area (Å²) >= 11 is 0. The molecule has 1 aromatic rings. The molecule has 1 atom stereocenters. The normalized spacial score (nSPS) is 18.9. The van der Waals surface area contributed by atoms with Gasteiger partial charge in [0, 0.05) is 31.0 Å². The van der Waals surface area contributed by atoms with Gasteiger partial charge in [0.25, 0.3) is 5.91 Å². The van der Waals surface area contributed by atoms with Crippen LogP contribution in [0, 0.1) is 6.92 Å². The van der Waals surface area contributed by atoms with Crippen molar-refractivity contribution in [3.63, 3.8) is 0 Å². The molecule has 1 saturated heterocycles. The molecule has 1 aromatic heterocycles. The molecule has 0 aliphatic carbocycles. The molecule has 1 unspecified atom stereocenters. The minimum absolute atomic E-state index is 0.0616. The number of pyridine rings is 1. The summed E-state index contributed by atoms with van der Waals surface area (Å²) in [6.45, 7) is 2.53. The lowest BCUT2D eigenvalue weighted by molar-refractivity contribution is -0.141. The maximum Gasteiger partial charge on any atom is 0.306 e. The van der Waals surface area contributed by atoms with Crippen molar-refractivity contribution in [2.75, 3.05) is 19.7 Å². The SMILES string of the molecule is Cc1cc(=O)c(C(=O)N2CCOC(CC(=O)O)C2)c[nH]1. The molecule has 1 fully saturated rings. The number of nitrogens with one attached hydrogen (secondary N) is 1. The number of aliphatic carboxylic acids is 1. The number of carboxylic acid groups (broad SMARTS) is 1. The maximum atomic E-state index is 12.3. The van der Waals surface area contributed by atoms with E-state index in [1.54, 1.807) is 6.92 Å². The summed E-state index contributed by atoms with van der Waals surface area (Å²) in [5.74, 6) is -1.37. The van der Waals surface area contributed by atoms with E-state index in [2.05, 4.69) is 4.98 Å². The first-order chi connectivity index (χ1) is 9.47. The third-order valence-electron chi connectivity index (χ3n) is 3.12. The second-order valence-electron chi connectivity index (χ2n) is 4.74. The Hall–Kier alpha value is -2.15. The van der Waals surface area contributed by atoms with E-state index in [-0.39, 0.29) is 30.6 Å². The van der Waals surface area contributed by atoms with Gasteiger partial charge in [0.2, 0.25) is 0 Å². The number of nitrogens with zero attached hydrogens (tertiary/aromatic N) is 1. The first-order valence-corrected chi connectivity index (χ1v) is 6.29. The number of hydrogen-bond donors (Lipinski definition) is 2. The summed E-state index contributed by atoms with van der Waals surface area (Å²) in [6, 6.07) is 1.36. The molecular formula is C13H16N2O5. The Bertz CT molecular complexity index is 580. The second-order valence-corrected chi connectivity index (χ2v) is 4.74. The predicted octanol–water partition coefficient (Wildman–Crippen LogP) is -0.000980. The molecule has 1 aliphatic heterocycles. The Balaban J connectivity index is 2.12. The van der Waals surface area contributed by atoms with Crippen LogP contribution < -0.4 is 5.43 Å². The largest absolute Gasteiger partial charge is 0.481 e. The van der Waals surface area contributed by atoms with Gasteiger partial charge in [0.15, 0.2) is 5.43 Å². The first kappa shape index (κ1) is 14.3. The number of hydrogen-bond acceptors (Lipinski definition) is 4. The molecule has 2 heterocycles. The number of aromatic amines is 1. The van der Waals surface area contributed by atoms with E-state index >= 15 is 0 Å². The lowest BCUT2D eigenvalue weighted by Gasteiger charge is -2.32. The van der Waals surface area contributed by atoms with Crippen LogP contribution in [0.5, 0.6) is 0 Å². The number of aryl methyl sites for hydroxylation is 1. The molecule has 2 rings (SSSR count). The average molecular weight is 280 g/mol. The van der Waals surface area contributed by atoms with Gasteiger partial charge in [0.05, 0.1) is 19.1 Å². The lowest BCUT2D eigenvalue weighted by atomic mass is 10.1. The van der Waals surface area contributed by atoms with Crippen molar-refractivity contribution in [3.05, 3.63) is 33.7 Å². The van der Waals surface area contributed by atoms with E-state index in [0.29, 0.717) is 12.2 Å². The van der Waals surface area contributed by atoms with Crippen LogP contribution in [-0.4, -0.2) is 52.7 Å². The van der Waals surface area contributed by atoms with Gasteiger partial charge in [-0.15, -0.1) is 0 Å². The molecule has 0 saturated carbocycles. The summed E-state index contributed by atoms with van der Waals surface area (Å²) in [5, 5.41) is 8.74. The summed E-state index contributed by atoms with van der Waals surface area (Å²) in [5.41, 5.74) is 0.399. The molecule has 0 aromatic carbocycles. The molecule has 108 valence electrons. The van der Waals surface area contributed by atoms with Crippen molar-refractivity contribution >= 4 is 11.9 Å². The van der Waals surface area contributed by atoms with Crippen LogP contribution in [0.25, 0.3) is 0 Å². The van der Waals surface area contributed by atoms with Crippen molar-refractivity contribution in [2.24, 2.45) is 0 Å². The number of ether oxygens (including phenoxy) is 1. The molecule has 0 bridgehead atoms. The molecule has 0 radical (unpaired) electrons. The van der Waals surface area contributed by atoms with E-state index in [1.807, 2.05) is 0 Å². The van der Waals surface area contributed by atoms with Crippen LogP contribution >= 0.6 is 0 Å². The van der Waals surface area contributed by atoms with Gasteiger partial charge in [-0.3, -0.25) is 14.4 Å². The second kappa shape index (κ2) is 5.87. The Labute approximate surface area is 115 Å². The Morgan fingerprint density at radius 3 is 2.95 bits per heavy atom. The molecule has 1 amide bonds. The molecule has 2 N–H and O–H groups in total. The Morgan fingerprint density at radius 1 is 1.55 bits per heavy atom. The third-order valence-corrected chi connectivity index (χ3v) is 3.12. The zero-order valence-electron chi connectivity index (χ0n) is 11.1. The van der Waals surface area contributed by atoms with E-state index < -0.39 is 18.0 Å². The first-order valence-electron chi connectivity index (χ1n) is 6.29. The van der Waals surface area contributed by atoms with Gasteiger partial charge in [-0.2, -0.15) is 0 Å². The minimum atomic E-state index is -0.975. The van der Waals surface area contributed by atoms with E-state index in [1.165, 1.54) is 17.2 Å². The van der Waals surface area contributed by atoms with E-state index in [9.17, 15) is 14.4 Å². The van der Waals surface area contributed by atoms with E-state index in [0.717, 1.165) is 0 Å². The average Bonchev–Trinajstić information content (AvgIpc) is 2.37. The standard InChI is InChI=1S/C13H16N2O5/c1-8-4-11(16)10(6-14-8)13(19)15-2-3-20-9(7-15)5-12(17)18/h4,6,9H,2-3,5,7H2,1H3,(H,14,16)(H,17,18). The molecule has 1 aliphatic rings. The van der Waals surface area contributed by atoms with Gasteiger partial charge in [-0.1, -0.05) is 0 Å². The number of H-pyrrole nitrogens is 1. The van der Waals surface area contributed by atoms with Gasteiger partial charge in [-0.25, -0.2) is 0 Å². The predicted molar refractivity (Wildman–Crippen MR) is 69.7 cm³/mol. The number of rotatable bonds is 3. The van der Waals surface area contributed by atoms with Crippen molar-refractivity contribution < 1.29 is 19.4 Å². The minimum Gasteiger partial charge on any atom is -0.481 e. The summed E-state index contributed by atoms with van der Waals surface area (Å²) in [6.07, 6.45) is 0.699. The fourth-order valence-corrected chi connectivity index (χ4v) is 2.13. The van der Waals surface area contributed by atoms with Gasteiger partial charge < -0.3 is 19.7 Å². The zero-order valence-corrected chi connectivity index (χ0v) is 11.1. The summed E-state index contributed by atoms with van der Waals surface area (Å²) in [7, 11) is 0. The number of morpholine rings is 1. The monoisotopic (exact) mass is 280 g/mol. The quantitative estimate of drug-likeness (QED) is 0.811. The highest BCUT2D eigenvalue weighted by molar-refractivity contribution is 5.94. The molecule has 7 heteroatoms. The highest BCUT2D eigenvalue weighted by Gasteiger charge is 2.27. The van der Waals surface area contributed by atoms with Gasteiger partial charge >= 0.3 is 5.97 Å². The number of aromatic nitrogens is 1. The number of carboxylic acids is 1. The van der Waals surface area contributed by atoms with Crippen molar-refractivity contribution in [1.82, 2.24) is 9.88 Å². The fourth-order valence-electron chi connectivity index (χ4n) is 2.13. The van der Waals surface area contributed by atoms with E-state index in [4.69, 9.17) is 9.84 Å². The topological polar surface area (TPSA) is 99.7 Å². The smallest absolute Gasteiger partial charge is 0.306 e. The molecule has 7 nitrogen and oxygen atoms in total. The molecule has 20 heavy (non-hydrogen) atoms. The van der Waals surface area contributed by atoms with Crippen LogP contribution in [0.15, 0.2) is 17.1 Å². The molecular weight excluding hydrogens is 264 g/mol. The van der Waals surface area contributed by atoms with Gasteiger partial charge in [0.1, 0.15) is 5.56 Å². The number of carbonyl (C=O) groups excluding carboxylic acids is 1. The van der Waals surface area contributed by atoms with Crippen LogP contribution in [0.4, 0.5) is 0 Å². The number of amides is 1. The van der Waals surface area contributed by atoms with Crippen molar-refractivity contribution in [3.8, 4) is 0 Å². The zero-order chi connectivity index (χ0) is 14.7. The van der Waals surface area contributed by atoms with Gasteiger partial charge in [-0.05, 0) is 6.92 Å². The van der Waals surface area contributed by atoms with Crippen LogP contribution in [-0.2, 0) is 9.53 Å². The number of carbonyl (C=O) groups is 2. The molecule has 0 spiro atoms. The van der Waals surface area contributed by atoms with Crippen molar-refractivity contribution in [2.45, 2.75) is 19.4 Å². The lowest BCUT2D eigenvalue weighted by Crippen LogP contribution is -2.47. The van der Waals surface area contributed by atoms with Crippen LogP contribution in [0.2, 0.25) is 0 Å². The maximum absolute atomic E-state index is 12.3. The third kappa shape index (κ3) is 3.24. The van der Waals surface area contributed by atoms with Crippen LogP contribution in [0.3, 0.4) is 0 Å². The summed E-state index contributed by atoms with van der Waals surface area (Å²) < 4.78 is 5.29. The summed E-state index contributed by atoms with van der Waals surface area (Å²) in [4.78, 5) is 39.0. The highest BCUT2D eigenvalue weighted by atomic mass is 16.5. The Morgan fingerprint density at radius 2 is 2.30 bits per heavy atom. The Kier molecular flexibility index (Phi) is 4.19.